The molecule has 1 aliphatic rings. The van der Waals surface area contributed by atoms with E-state index in [0.717, 1.165) is 36.5 Å². The first kappa shape index (κ1) is 15.7. The molecule has 0 bridgehead atoms. The number of aromatic nitrogens is 2. The lowest BCUT2D eigenvalue weighted by Gasteiger charge is -2.07. The molecule has 7 heteroatoms. The van der Waals surface area contributed by atoms with Crippen molar-refractivity contribution in [2.45, 2.75) is 12.6 Å². The van der Waals surface area contributed by atoms with Crippen LogP contribution in [0.3, 0.4) is 0 Å². The van der Waals surface area contributed by atoms with Crippen LogP contribution in [0, 0.1) is 5.82 Å². The molecule has 4 rings (SSSR count). The van der Waals surface area contributed by atoms with Gasteiger partial charge in [-0.1, -0.05) is 12.1 Å². The van der Waals surface area contributed by atoms with Crippen LogP contribution in [0.25, 0.3) is 16.9 Å². The average molecular weight is 347 g/mol. The summed E-state index contributed by atoms with van der Waals surface area (Å²) >= 11 is 0. The Morgan fingerprint density at radius 3 is 2.28 bits per heavy atom. The summed E-state index contributed by atoms with van der Waals surface area (Å²) in [4.78, 5) is 0. The molecule has 0 saturated heterocycles. The van der Waals surface area contributed by atoms with Gasteiger partial charge >= 0.3 is 6.18 Å². The first-order chi connectivity index (χ1) is 11.9. The molecule has 1 aromatic heterocycles. The molecule has 2 heterocycles. The standard InChI is InChI=1S/C18H13F4N3/c19-13-5-7-14(8-6-13)25-17-15(9-10-23-17)16(24-25)11-1-3-12(4-2-11)18(20,21)22/h1-8,23H,9-10H2. The SMILES string of the molecule is Fc1ccc(-n2nc(-c3ccc(C(F)(F)F)cc3)c3c2NCC3)cc1. The zero-order valence-corrected chi connectivity index (χ0v) is 12.9. The van der Waals surface area contributed by atoms with Crippen molar-refractivity contribution in [1.29, 1.82) is 0 Å². The number of anilines is 1. The highest BCUT2D eigenvalue weighted by molar-refractivity contribution is 5.73. The van der Waals surface area contributed by atoms with Crippen molar-refractivity contribution in [3.63, 3.8) is 0 Å². The molecule has 3 nitrogen and oxygen atoms in total. The van der Waals surface area contributed by atoms with Crippen molar-refractivity contribution in [2.24, 2.45) is 0 Å². The Labute approximate surface area is 140 Å². The van der Waals surface area contributed by atoms with Gasteiger partial charge in [0.2, 0.25) is 0 Å². The van der Waals surface area contributed by atoms with Gasteiger partial charge in [0.15, 0.2) is 0 Å². The van der Waals surface area contributed by atoms with Gasteiger partial charge in [-0.15, -0.1) is 0 Å². The maximum absolute atomic E-state index is 13.1. The van der Waals surface area contributed by atoms with E-state index >= 15 is 0 Å². The molecule has 3 aromatic rings. The summed E-state index contributed by atoms with van der Waals surface area (Å²) in [5, 5.41) is 7.78. The number of rotatable bonds is 2. The predicted octanol–water partition coefficient (Wildman–Crippen LogP) is 4.67. The van der Waals surface area contributed by atoms with E-state index in [0.29, 0.717) is 16.9 Å². The average Bonchev–Trinajstić information content (AvgIpc) is 3.17. The van der Waals surface area contributed by atoms with E-state index < -0.39 is 11.7 Å². The second-order valence-electron chi connectivity index (χ2n) is 5.82. The van der Waals surface area contributed by atoms with Gasteiger partial charge in [-0.25, -0.2) is 9.07 Å². The van der Waals surface area contributed by atoms with Crippen LogP contribution in [-0.2, 0) is 12.6 Å². The summed E-state index contributed by atoms with van der Waals surface area (Å²) in [6, 6.07) is 10.9. The van der Waals surface area contributed by atoms with Crippen molar-refractivity contribution in [1.82, 2.24) is 9.78 Å². The minimum absolute atomic E-state index is 0.344. The smallest absolute Gasteiger partial charge is 0.369 e. The number of nitrogens with zero attached hydrogens (tertiary/aromatic N) is 2. The molecule has 1 N–H and O–H groups in total. The van der Waals surface area contributed by atoms with Gasteiger partial charge in [0.25, 0.3) is 0 Å². The van der Waals surface area contributed by atoms with Crippen LogP contribution in [0.1, 0.15) is 11.1 Å². The van der Waals surface area contributed by atoms with Crippen molar-refractivity contribution in [3.05, 3.63) is 65.5 Å². The van der Waals surface area contributed by atoms with Crippen molar-refractivity contribution < 1.29 is 17.6 Å². The number of hydrogen-bond donors (Lipinski definition) is 1. The quantitative estimate of drug-likeness (QED) is 0.683. The number of nitrogens with one attached hydrogen (secondary N) is 1. The fraction of sp³-hybridized carbons (Fsp3) is 0.167. The zero-order chi connectivity index (χ0) is 17.6. The number of halogens is 4. The fourth-order valence-electron chi connectivity index (χ4n) is 2.99. The van der Waals surface area contributed by atoms with Crippen LogP contribution in [-0.4, -0.2) is 16.3 Å². The molecule has 0 unspecified atom stereocenters. The van der Waals surface area contributed by atoms with Crippen LogP contribution in [0.2, 0.25) is 0 Å². The van der Waals surface area contributed by atoms with E-state index in [1.165, 1.54) is 24.3 Å². The lowest BCUT2D eigenvalue weighted by Crippen LogP contribution is -2.05. The van der Waals surface area contributed by atoms with Gasteiger partial charge in [0.05, 0.1) is 16.9 Å². The highest BCUT2D eigenvalue weighted by Crippen LogP contribution is 2.36. The summed E-state index contributed by atoms with van der Waals surface area (Å²) in [5.74, 6) is 0.449. The van der Waals surface area contributed by atoms with E-state index in [-0.39, 0.29) is 5.82 Å². The predicted molar refractivity (Wildman–Crippen MR) is 86.2 cm³/mol. The minimum Gasteiger partial charge on any atom is -0.369 e. The Hall–Kier alpha value is -2.83. The Balaban J connectivity index is 1.79. The van der Waals surface area contributed by atoms with Crippen molar-refractivity contribution in [3.8, 4) is 16.9 Å². The number of alkyl halides is 3. The molecule has 0 fully saturated rings. The number of fused-ring (bicyclic) bond motifs is 1. The number of benzene rings is 2. The molecule has 1 aliphatic heterocycles. The maximum atomic E-state index is 13.1. The van der Waals surface area contributed by atoms with Crippen molar-refractivity contribution >= 4 is 5.82 Å². The third-order valence-corrected chi connectivity index (χ3v) is 4.21. The van der Waals surface area contributed by atoms with Gasteiger partial charge in [-0.3, -0.25) is 0 Å². The Bertz CT molecular complexity index is 909. The molecule has 0 aliphatic carbocycles. The molecule has 0 amide bonds. The summed E-state index contributed by atoms with van der Waals surface area (Å²) in [7, 11) is 0. The van der Waals surface area contributed by atoms with E-state index in [2.05, 4.69) is 10.4 Å². The van der Waals surface area contributed by atoms with Gasteiger partial charge in [0.1, 0.15) is 11.6 Å². The zero-order valence-electron chi connectivity index (χ0n) is 12.9. The monoisotopic (exact) mass is 347 g/mol. The second-order valence-corrected chi connectivity index (χ2v) is 5.82. The van der Waals surface area contributed by atoms with Crippen LogP contribution in [0.5, 0.6) is 0 Å². The number of hydrogen-bond acceptors (Lipinski definition) is 2. The molecular formula is C18H13F4N3. The molecule has 0 saturated carbocycles. The molecule has 128 valence electrons. The van der Waals surface area contributed by atoms with E-state index in [1.54, 1.807) is 16.8 Å². The lowest BCUT2D eigenvalue weighted by molar-refractivity contribution is -0.137. The summed E-state index contributed by atoms with van der Waals surface area (Å²) in [6.07, 6.45) is -3.64. The van der Waals surface area contributed by atoms with E-state index in [1.807, 2.05) is 0 Å². The summed E-state index contributed by atoms with van der Waals surface area (Å²) < 4.78 is 53.0. The fourth-order valence-corrected chi connectivity index (χ4v) is 2.99. The maximum Gasteiger partial charge on any atom is 0.416 e. The van der Waals surface area contributed by atoms with Gasteiger partial charge in [0, 0.05) is 17.7 Å². The normalized spacial score (nSPS) is 13.6. The summed E-state index contributed by atoms with van der Waals surface area (Å²) in [5.41, 5.74) is 2.20. The van der Waals surface area contributed by atoms with Crippen LogP contribution < -0.4 is 5.32 Å². The van der Waals surface area contributed by atoms with E-state index in [9.17, 15) is 17.6 Å². The minimum atomic E-state index is -4.37. The largest absolute Gasteiger partial charge is 0.416 e. The second kappa shape index (κ2) is 5.61. The molecule has 25 heavy (non-hydrogen) atoms. The first-order valence-corrected chi connectivity index (χ1v) is 7.73. The van der Waals surface area contributed by atoms with Gasteiger partial charge < -0.3 is 5.32 Å². The highest BCUT2D eigenvalue weighted by atomic mass is 19.4. The Morgan fingerprint density at radius 2 is 1.64 bits per heavy atom. The molecule has 0 atom stereocenters. The third-order valence-electron chi connectivity index (χ3n) is 4.21. The highest BCUT2D eigenvalue weighted by Gasteiger charge is 2.30. The van der Waals surface area contributed by atoms with Crippen LogP contribution in [0.15, 0.2) is 48.5 Å². The van der Waals surface area contributed by atoms with Gasteiger partial charge in [-0.2, -0.15) is 18.3 Å². The van der Waals surface area contributed by atoms with Crippen LogP contribution >= 0.6 is 0 Å². The molecule has 0 radical (unpaired) electrons. The lowest BCUT2D eigenvalue weighted by atomic mass is 10.0. The Morgan fingerprint density at radius 1 is 0.960 bits per heavy atom. The first-order valence-electron chi connectivity index (χ1n) is 7.73. The van der Waals surface area contributed by atoms with Gasteiger partial charge in [-0.05, 0) is 42.8 Å². The summed E-state index contributed by atoms with van der Waals surface area (Å²) in [6.45, 7) is 0.724. The molecule has 2 aromatic carbocycles. The topological polar surface area (TPSA) is 29.9 Å². The molecular weight excluding hydrogens is 334 g/mol. The Kier molecular flexibility index (Phi) is 3.52. The van der Waals surface area contributed by atoms with Crippen molar-refractivity contribution in [2.75, 3.05) is 11.9 Å². The third kappa shape index (κ3) is 2.75. The van der Waals surface area contributed by atoms with E-state index in [4.69, 9.17) is 0 Å². The molecule has 0 spiro atoms. The van der Waals surface area contributed by atoms with Crippen LogP contribution in [0.4, 0.5) is 23.4 Å².